The van der Waals surface area contributed by atoms with Crippen molar-refractivity contribution < 1.29 is 4.39 Å². The van der Waals surface area contributed by atoms with E-state index in [1.807, 2.05) is 6.07 Å². The van der Waals surface area contributed by atoms with Crippen LogP contribution in [0.15, 0.2) is 23.6 Å². The molecule has 0 amide bonds. The highest BCUT2D eigenvalue weighted by molar-refractivity contribution is 7.80. The molecule has 11 heavy (non-hydrogen) atoms. The largest absolute Gasteiger partial charge is 0.205 e. The molecule has 0 saturated carbocycles. The van der Waals surface area contributed by atoms with Crippen molar-refractivity contribution in [1.29, 1.82) is 5.26 Å². The zero-order valence-electron chi connectivity index (χ0n) is 5.97. The van der Waals surface area contributed by atoms with Gasteiger partial charge in [-0.2, -0.15) is 5.26 Å². The summed E-state index contributed by atoms with van der Waals surface area (Å²) in [4.78, 5) is 0.104. The summed E-state index contributed by atoms with van der Waals surface area (Å²) in [6.45, 7) is 1.63. The maximum Gasteiger partial charge on any atom is 0.141 e. The van der Waals surface area contributed by atoms with Gasteiger partial charge in [-0.05, 0) is 12.5 Å². The van der Waals surface area contributed by atoms with Gasteiger partial charge in [0.25, 0.3) is 0 Å². The molecule has 0 aromatic rings. The van der Waals surface area contributed by atoms with Crippen molar-refractivity contribution in [2.24, 2.45) is 5.92 Å². The van der Waals surface area contributed by atoms with E-state index in [1.54, 1.807) is 19.1 Å². The Hall–Kier alpha value is -1.01. The summed E-state index contributed by atoms with van der Waals surface area (Å²) in [5, 5.41) is 8.49. The smallest absolute Gasteiger partial charge is 0.141 e. The van der Waals surface area contributed by atoms with Crippen LogP contribution in [0.3, 0.4) is 0 Å². The van der Waals surface area contributed by atoms with Crippen LogP contribution in [-0.4, -0.2) is 4.86 Å². The molecular formula is C8H6FNS. The van der Waals surface area contributed by atoms with Crippen molar-refractivity contribution in [3.63, 3.8) is 0 Å². The fourth-order valence-electron chi connectivity index (χ4n) is 0.834. The van der Waals surface area contributed by atoms with Gasteiger partial charge >= 0.3 is 0 Å². The van der Waals surface area contributed by atoms with E-state index in [0.717, 1.165) is 0 Å². The first-order valence-corrected chi connectivity index (χ1v) is 3.56. The van der Waals surface area contributed by atoms with Gasteiger partial charge in [-0.1, -0.05) is 24.4 Å². The van der Waals surface area contributed by atoms with Gasteiger partial charge in [0.15, 0.2) is 0 Å². The van der Waals surface area contributed by atoms with Crippen LogP contribution in [0.2, 0.25) is 0 Å². The second-order valence-corrected chi connectivity index (χ2v) is 2.77. The number of allylic oxidation sites excluding steroid dienone is 4. The molecule has 0 aromatic heterocycles. The van der Waals surface area contributed by atoms with E-state index in [9.17, 15) is 4.39 Å². The highest BCUT2D eigenvalue weighted by Gasteiger charge is 2.19. The van der Waals surface area contributed by atoms with Crippen molar-refractivity contribution >= 4 is 17.1 Å². The van der Waals surface area contributed by atoms with Gasteiger partial charge in [-0.3, -0.25) is 0 Å². The molecule has 3 heteroatoms. The van der Waals surface area contributed by atoms with E-state index in [-0.39, 0.29) is 4.86 Å². The lowest BCUT2D eigenvalue weighted by Gasteiger charge is -2.10. The normalized spacial score (nSPS) is 23.7. The second-order valence-electron chi connectivity index (χ2n) is 2.33. The lowest BCUT2D eigenvalue weighted by Crippen LogP contribution is -2.12. The Morgan fingerprint density at radius 3 is 2.91 bits per heavy atom. The molecule has 0 heterocycles. The first-order chi connectivity index (χ1) is 5.16. The summed E-state index contributed by atoms with van der Waals surface area (Å²) in [5.41, 5.74) is 0.501. The Labute approximate surface area is 69.8 Å². The predicted octanol–water partition coefficient (Wildman–Crippen LogP) is 2.31. The van der Waals surface area contributed by atoms with E-state index >= 15 is 0 Å². The predicted molar refractivity (Wildman–Crippen MR) is 44.6 cm³/mol. The summed E-state index contributed by atoms with van der Waals surface area (Å²) in [5.74, 6) is -0.984. The number of hydrogen-bond acceptors (Lipinski definition) is 2. The zero-order chi connectivity index (χ0) is 8.43. The fourth-order valence-corrected chi connectivity index (χ4v) is 1.13. The Kier molecular flexibility index (Phi) is 2.16. The Bertz CT molecular complexity index is 296. The fraction of sp³-hybridized carbons (Fsp3) is 0.250. The van der Waals surface area contributed by atoms with E-state index in [1.165, 1.54) is 0 Å². The van der Waals surface area contributed by atoms with Gasteiger partial charge in [0, 0.05) is 0 Å². The minimum Gasteiger partial charge on any atom is -0.205 e. The van der Waals surface area contributed by atoms with Crippen molar-refractivity contribution in [2.75, 3.05) is 0 Å². The van der Waals surface area contributed by atoms with Crippen molar-refractivity contribution in [3.8, 4) is 6.07 Å². The Morgan fingerprint density at radius 2 is 2.36 bits per heavy atom. The summed E-state index contributed by atoms with van der Waals surface area (Å²) >= 11 is 4.72. The van der Waals surface area contributed by atoms with Crippen LogP contribution < -0.4 is 0 Å². The van der Waals surface area contributed by atoms with Crippen LogP contribution in [-0.2, 0) is 0 Å². The second kappa shape index (κ2) is 2.93. The molecule has 1 aliphatic rings. The van der Waals surface area contributed by atoms with Gasteiger partial charge in [0.2, 0.25) is 0 Å². The summed E-state index contributed by atoms with van der Waals surface area (Å²) in [6, 6.07) is 1.90. The molecule has 0 bridgehead atoms. The van der Waals surface area contributed by atoms with Gasteiger partial charge in [-0.25, -0.2) is 4.39 Å². The topological polar surface area (TPSA) is 23.8 Å². The van der Waals surface area contributed by atoms with Gasteiger partial charge in [0.05, 0.1) is 10.9 Å². The maximum absolute atomic E-state index is 12.9. The van der Waals surface area contributed by atoms with Crippen molar-refractivity contribution in [3.05, 3.63) is 23.6 Å². The number of nitrogens with zero attached hydrogens (tertiary/aromatic N) is 1. The van der Waals surface area contributed by atoms with Crippen LogP contribution in [0.5, 0.6) is 0 Å². The molecule has 0 N–H and O–H groups in total. The molecule has 1 aliphatic carbocycles. The number of rotatable bonds is 0. The molecule has 1 rings (SSSR count). The molecule has 0 aliphatic heterocycles. The van der Waals surface area contributed by atoms with Gasteiger partial charge in [0.1, 0.15) is 11.7 Å². The van der Waals surface area contributed by atoms with Crippen LogP contribution in [0, 0.1) is 17.2 Å². The van der Waals surface area contributed by atoms with Crippen LogP contribution in [0.1, 0.15) is 6.92 Å². The lowest BCUT2D eigenvalue weighted by molar-refractivity contribution is 0.667. The number of hydrogen-bond donors (Lipinski definition) is 0. The Morgan fingerprint density at radius 1 is 1.73 bits per heavy atom. The molecule has 1 nitrogen and oxygen atoms in total. The van der Waals surface area contributed by atoms with Crippen molar-refractivity contribution in [2.45, 2.75) is 6.92 Å². The third kappa shape index (κ3) is 1.36. The molecular weight excluding hydrogens is 161 g/mol. The SMILES string of the molecule is CC1=C(F)C(=S)C(C#N)C=C1. The molecule has 0 radical (unpaired) electrons. The first-order valence-electron chi connectivity index (χ1n) is 3.15. The third-order valence-corrected chi connectivity index (χ3v) is 1.96. The number of halogens is 1. The zero-order valence-corrected chi connectivity index (χ0v) is 6.78. The van der Waals surface area contributed by atoms with E-state index < -0.39 is 11.7 Å². The highest BCUT2D eigenvalue weighted by Crippen LogP contribution is 2.21. The molecule has 0 aromatic carbocycles. The summed E-state index contributed by atoms with van der Waals surface area (Å²) in [6.07, 6.45) is 3.19. The van der Waals surface area contributed by atoms with E-state index in [4.69, 9.17) is 17.5 Å². The Balaban J connectivity index is 3.03. The molecule has 0 fully saturated rings. The lowest BCUT2D eigenvalue weighted by atomic mass is 9.97. The van der Waals surface area contributed by atoms with E-state index in [2.05, 4.69) is 0 Å². The minimum absolute atomic E-state index is 0.104. The van der Waals surface area contributed by atoms with Crippen LogP contribution in [0.25, 0.3) is 0 Å². The average molecular weight is 167 g/mol. The van der Waals surface area contributed by atoms with Crippen LogP contribution in [0.4, 0.5) is 4.39 Å². The summed E-state index contributed by atoms with van der Waals surface area (Å²) in [7, 11) is 0. The maximum atomic E-state index is 12.9. The molecule has 1 unspecified atom stereocenters. The van der Waals surface area contributed by atoms with Gasteiger partial charge < -0.3 is 0 Å². The monoisotopic (exact) mass is 167 g/mol. The highest BCUT2D eigenvalue weighted by atomic mass is 32.1. The number of thiocarbonyl (C=S) groups is 1. The van der Waals surface area contributed by atoms with Crippen molar-refractivity contribution in [1.82, 2.24) is 0 Å². The standard InChI is InChI=1S/C8H6FNS/c1-5-2-3-6(4-10)8(11)7(5)9/h2-3,6H,1H3. The molecule has 0 saturated heterocycles. The average Bonchev–Trinajstić information content (AvgIpc) is 2.01. The molecule has 0 spiro atoms. The minimum atomic E-state index is -0.561. The quantitative estimate of drug-likeness (QED) is 0.517. The molecule has 1 atom stereocenters. The van der Waals surface area contributed by atoms with Gasteiger partial charge in [-0.15, -0.1) is 0 Å². The first kappa shape index (κ1) is 8.09. The van der Waals surface area contributed by atoms with Crippen LogP contribution >= 0.6 is 12.2 Å². The molecule has 56 valence electrons. The third-order valence-electron chi connectivity index (χ3n) is 1.52. The summed E-state index contributed by atoms with van der Waals surface area (Å²) < 4.78 is 12.9. The van der Waals surface area contributed by atoms with E-state index in [0.29, 0.717) is 5.57 Å². The number of nitriles is 1.